The van der Waals surface area contributed by atoms with Gasteiger partial charge in [0.05, 0.1) is 5.56 Å². The summed E-state index contributed by atoms with van der Waals surface area (Å²) in [6.45, 7) is 12.1. The van der Waals surface area contributed by atoms with Crippen molar-refractivity contribution in [2.45, 2.75) is 70.9 Å². The number of aliphatic hydroxyl groups is 1. The summed E-state index contributed by atoms with van der Waals surface area (Å²) in [4.78, 5) is 13.4. The summed E-state index contributed by atoms with van der Waals surface area (Å²) >= 11 is 0. The van der Waals surface area contributed by atoms with Gasteiger partial charge in [0.2, 0.25) is 0 Å². The van der Waals surface area contributed by atoms with Gasteiger partial charge in [0.15, 0.2) is 0 Å². The molecular weight excluding hydrogens is 458 g/mol. The van der Waals surface area contributed by atoms with Gasteiger partial charge in [-0.2, -0.15) is 0 Å². The summed E-state index contributed by atoms with van der Waals surface area (Å²) in [5.41, 5.74) is 7.92. The lowest BCUT2D eigenvalue weighted by atomic mass is 9.62. The number of rotatable bonds is 5. The van der Waals surface area contributed by atoms with Crippen LogP contribution >= 0.6 is 0 Å². The van der Waals surface area contributed by atoms with Crippen LogP contribution in [0.1, 0.15) is 90.4 Å². The number of benzene rings is 3. The predicted octanol–water partition coefficient (Wildman–Crippen LogP) is 6.76. The second kappa shape index (κ2) is 10.1. The number of hydrogen-bond acceptors (Lipinski definition) is 3. The normalized spacial score (nSPS) is 16.2. The van der Waals surface area contributed by atoms with Crippen LogP contribution in [-0.2, 0) is 17.4 Å². The molecule has 1 unspecified atom stereocenters. The van der Waals surface area contributed by atoms with Gasteiger partial charge in [-0.05, 0) is 83.2 Å². The molecule has 1 atom stereocenters. The van der Waals surface area contributed by atoms with Crippen LogP contribution < -0.4 is 4.90 Å². The third kappa shape index (κ3) is 5.73. The minimum atomic E-state index is -0.971. The number of aryl methyl sites for hydroxylation is 1. The van der Waals surface area contributed by atoms with E-state index in [-0.39, 0.29) is 16.4 Å². The molecule has 192 valence electrons. The molecule has 3 aromatic rings. The van der Waals surface area contributed by atoms with E-state index in [1.54, 1.807) is 12.1 Å². The smallest absolute Gasteiger partial charge is 0.335 e. The number of aliphatic hydroxyl groups excluding tert-OH is 1. The number of carboxylic acid groups (broad SMARTS) is 1. The summed E-state index contributed by atoms with van der Waals surface area (Å²) in [6.07, 6.45) is 1.22. The molecule has 0 radical (unpaired) electrons. The van der Waals surface area contributed by atoms with Gasteiger partial charge in [0, 0.05) is 24.8 Å². The van der Waals surface area contributed by atoms with Crippen LogP contribution in [0, 0.1) is 18.8 Å². The van der Waals surface area contributed by atoms with Crippen molar-refractivity contribution in [3.8, 4) is 11.8 Å². The first-order valence-electron chi connectivity index (χ1n) is 12.9. The zero-order valence-electron chi connectivity index (χ0n) is 22.7. The fraction of sp³-hybridized carbons (Fsp3) is 0.364. The molecule has 4 heteroatoms. The summed E-state index contributed by atoms with van der Waals surface area (Å²) in [5.74, 6) is 5.02. The predicted molar refractivity (Wildman–Crippen MR) is 150 cm³/mol. The number of anilines is 1. The van der Waals surface area contributed by atoms with Crippen molar-refractivity contribution in [1.82, 2.24) is 0 Å². The lowest BCUT2D eigenvalue weighted by molar-refractivity contribution is 0.0697. The Morgan fingerprint density at radius 2 is 1.59 bits per heavy atom. The Bertz CT molecular complexity index is 1360. The average molecular weight is 496 g/mol. The van der Waals surface area contributed by atoms with E-state index in [4.69, 9.17) is 5.11 Å². The first-order chi connectivity index (χ1) is 17.4. The summed E-state index contributed by atoms with van der Waals surface area (Å²) < 4.78 is 0. The van der Waals surface area contributed by atoms with Gasteiger partial charge in [-0.15, -0.1) is 0 Å². The molecule has 0 bridgehead atoms. The standard InChI is InChI=1S/C33H37NO3/c1-22-7-9-24(10-8-22)21-34(6)28-20-26(19-27-30(28)33(4,5)18-17-32(27,2)3)29(35)16-13-23-11-14-25(15-12-23)31(36)37/h7-12,14-15,19-20,29,35H,17-18,21H2,1-6H3,(H,36,37). The minimum absolute atomic E-state index is 0.0138. The third-order valence-corrected chi connectivity index (χ3v) is 7.67. The summed E-state index contributed by atoms with van der Waals surface area (Å²) in [6, 6.07) is 19.3. The van der Waals surface area contributed by atoms with E-state index < -0.39 is 12.1 Å². The lowest BCUT2D eigenvalue weighted by Crippen LogP contribution is -2.36. The second-order valence-electron chi connectivity index (χ2n) is 11.6. The molecule has 4 nitrogen and oxygen atoms in total. The number of carbonyl (C=O) groups is 1. The second-order valence-corrected chi connectivity index (χ2v) is 11.6. The summed E-state index contributed by atoms with van der Waals surface area (Å²) in [7, 11) is 2.12. The van der Waals surface area contributed by atoms with Gasteiger partial charge >= 0.3 is 5.97 Å². The first-order valence-corrected chi connectivity index (χ1v) is 12.9. The van der Waals surface area contributed by atoms with Crippen LogP contribution in [-0.4, -0.2) is 23.2 Å². The van der Waals surface area contributed by atoms with E-state index in [0.717, 1.165) is 30.6 Å². The largest absolute Gasteiger partial charge is 0.478 e. The number of nitrogens with zero attached hydrogens (tertiary/aromatic N) is 1. The van der Waals surface area contributed by atoms with Crippen LogP contribution in [0.25, 0.3) is 0 Å². The Morgan fingerprint density at radius 3 is 2.22 bits per heavy atom. The van der Waals surface area contributed by atoms with E-state index in [9.17, 15) is 9.90 Å². The molecule has 2 N–H and O–H groups in total. The average Bonchev–Trinajstić information content (AvgIpc) is 2.86. The first kappa shape index (κ1) is 26.5. The molecule has 0 aromatic heterocycles. The van der Waals surface area contributed by atoms with Crippen molar-refractivity contribution in [1.29, 1.82) is 0 Å². The topological polar surface area (TPSA) is 60.8 Å². The molecule has 0 saturated heterocycles. The van der Waals surface area contributed by atoms with Gasteiger partial charge < -0.3 is 15.1 Å². The van der Waals surface area contributed by atoms with Crippen molar-refractivity contribution in [2.75, 3.05) is 11.9 Å². The summed E-state index contributed by atoms with van der Waals surface area (Å²) in [5, 5.41) is 20.3. The minimum Gasteiger partial charge on any atom is -0.478 e. The van der Waals surface area contributed by atoms with Crippen molar-refractivity contribution in [3.63, 3.8) is 0 Å². The Morgan fingerprint density at radius 1 is 0.973 bits per heavy atom. The molecule has 0 heterocycles. The Kier molecular flexibility index (Phi) is 7.22. The highest BCUT2D eigenvalue weighted by Gasteiger charge is 2.40. The Balaban J connectivity index is 1.76. The zero-order valence-corrected chi connectivity index (χ0v) is 22.7. The molecule has 0 aliphatic heterocycles. The number of fused-ring (bicyclic) bond motifs is 1. The molecule has 37 heavy (non-hydrogen) atoms. The van der Waals surface area contributed by atoms with E-state index in [1.165, 1.54) is 34.4 Å². The molecular formula is C33H37NO3. The maximum Gasteiger partial charge on any atom is 0.335 e. The highest BCUT2D eigenvalue weighted by molar-refractivity contribution is 5.87. The number of hydrogen-bond donors (Lipinski definition) is 2. The van der Waals surface area contributed by atoms with Crippen LogP contribution in [0.4, 0.5) is 5.69 Å². The van der Waals surface area contributed by atoms with E-state index in [1.807, 2.05) is 0 Å². The number of aromatic carboxylic acids is 1. The van der Waals surface area contributed by atoms with Crippen molar-refractivity contribution < 1.29 is 15.0 Å². The number of carboxylic acids is 1. The maximum atomic E-state index is 11.2. The molecule has 0 spiro atoms. The van der Waals surface area contributed by atoms with Gasteiger partial charge in [0.25, 0.3) is 0 Å². The van der Waals surface area contributed by atoms with E-state index >= 15 is 0 Å². The van der Waals surface area contributed by atoms with Crippen molar-refractivity contribution in [3.05, 3.63) is 99.6 Å². The molecule has 1 aliphatic carbocycles. The monoisotopic (exact) mass is 495 g/mol. The SMILES string of the molecule is Cc1ccc(CN(C)c2cc(C(O)C#Cc3ccc(C(=O)O)cc3)cc3c2C(C)(C)CCC3(C)C)cc1. The quantitative estimate of drug-likeness (QED) is 0.384. The fourth-order valence-electron chi connectivity index (χ4n) is 5.22. The fourth-order valence-corrected chi connectivity index (χ4v) is 5.22. The maximum absolute atomic E-state index is 11.2. The van der Waals surface area contributed by atoms with Crippen molar-refractivity contribution in [2.24, 2.45) is 0 Å². The molecule has 0 saturated carbocycles. The highest BCUT2D eigenvalue weighted by atomic mass is 16.4. The van der Waals surface area contributed by atoms with Crippen LogP contribution in [0.2, 0.25) is 0 Å². The molecule has 0 amide bonds. The van der Waals surface area contributed by atoms with E-state index in [2.05, 4.69) is 94.8 Å². The molecule has 1 aliphatic rings. The van der Waals surface area contributed by atoms with Gasteiger partial charge in [-0.3, -0.25) is 0 Å². The van der Waals surface area contributed by atoms with Crippen LogP contribution in [0.3, 0.4) is 0 Å². The van der Waals surface area contributed by atoms with Crippen LogP contribution in [0.15, 0.2) is 60.7 Å². The van der Waals surface area contributed by atoms with Crippen LogP contribution in [0.5, 0.6) is 0 Å². The lowest BCUT2D eigenvalue weighted by Gasteiger charge is -2.44. The molecule has 4 rings (SSSR count). The third-order valence-electron chi connectivity index (χ3n) is 7.67. The molecule has 0 fully saturated rings. The zero-order chi connectivity index (χ0) is 27.0. The van der Waals surface area contributed by atoms with Gasteiger partial charge in [-0.25, -0.2) is 4.79 Å². The van der Waals surface area contributed by atoms with Gasteiger partial charge in [0.1, 0.15) is 6.10 Å². The Labute approximate surface area is 221 Å². The Hall–Kier alpha value is -3.55. The highest BCUT2D eigenvalue weighted by Crippen LogP contribution is 2.50. The molecule has 3 aromatic carbocycles. The van der Waals surface area contributed by atoms with Gasteiger partial charge in [-0.1, -0.05) is 75.4 Å². The van der Waals surface area contributed by atoms with E-state index in [0.29, 0.717) is 5.56 Å². The van der Waals surface area contributed by atoms with Crippen molar-refractivity contribution >= 4 is 11.7 Å².